The molecule has 0 amide bonds. The van der Waals surface area contributed by atoms with Crippen LogP contribution >= 0.6 is 11.6 Å². The number of benzene rings is 1. The summed E-state index contributed by atoms with van der Waals surface area (Å²) in [7, 11) is -0.350. The molecule has 0 heterocycles. The average Bonchev–Trinajstić information content (AvgIpc) is 2.07. The van der Waals surface area contributed by atoms with Gasteiger partial charge in [-0.3, -0.25) is 0 Å². The van der Waals surface area contributed by atoms with E-state index in [2.05, 4.69) is 36.9 Å². The van der Waals surface area contributed by atoms with Crippen molar-refractivity contribution in [2.75, 3.05) is 5.88 Å². The third kappa shape index (κ3) is 2.68. The molecule has 0 aliphatic carbocycles. The molecule has 0 atom stereocenters. The minimum Gasteiger partial charge on any atom is -0.127 e. The van der Waals surface area contributed by atoms with Crippen molar-refractivity contribution in [2.24, 2.45) is 0 Å². The van der Waals surface area contributed by atoms with Crippen LogP contribution in [0, 0.1) is 0 Å². The van der Waals surface area contributed by atoms with Crippen LogP contribution < -0.4 is 5.19 Å². The maximum Gasteiger partial charge on any atom is 0.0835 e. The summed E-state index contributed by atoms with van der Waals surface area (Å²) >= 11 is 5.67. The van der Waals surface area contributed by atoms with Crippen LogP contribution in [-0.4, -0.2) is 14.7 Å². The number of hydrogen-bond donors (Lipinski definition) is 0. The molecule has 59 valence electrons. The van der Waals surface area contributed by atoms with Gasteiger partial charge in [0.05, 0.1) is 8.80 Å². The minimum atomic E-state index is -0.350. The van der Waals surface area contributed by atoms with Crippen LogP contribution in [0.5, 0.6) is 0 Å². The monoisotopic (exact) mass is 183 g/mol. The number of rotatable bonds is 3. The van der Waals surface area contributed by atoms with E-state index in [0.29, 0.717) is 0 Å². The van der Waals surface area contributed by atoms with Crippen molar-refractivity contribution in [1.82, 2.24) is 0 Å². The Morgan fingerprint density at radius 1 is 1.27 bits per heavy atom. The second-order valence-corrected chi connectivity index (χ2v) is 5.60. The van der Waals surface area contributed by atoms with E-state index in [0.717, 1.165) is 11.9 Å². The van der Waals surface area contributed by atoms with Gasteiger partial charge in [0.15, 0.2) is 0 Å². The van der Waals surface area contributed by atoms with Gasteiger partial charge in [-0.2, -0.15) is 0 Å². The Kier molecular flexibility index (Phi) is 3.67. The van der Waals surface area contributed by atoms with Crippen molar-refractivity contribution in [3.63, 3.8) is 0 Å². The fourth-order valence-electron chi connectivity index (χ4n) is 1.01. The summed E-state index contributed by atoms with van der Waals surface area (Å²) in [6.07, 6.45) is 0. The Labute approximate surface area is 74.8 Å². The molecule has 0 N–H and O–H groups in total. The van der Waals surface area contributed by atoms with Crippen LogP contribution in [-0.2, 0) is 0 Å². The van der Waals surface area contributed by atoms with Crippen molar-refractivity contribution >= 4 is 25.6 Å². The van der Waals surface area contributed by atoms with Crippen LogP contribution in [0.25, 0.3) is 0 Å². The summed E-state index contributed by atoms with van der Waals surface area (Å²) in [4.78, 5) is 0. The minimum absolute atomic E-state index is 0.350. The molecule has 11 heavy (non-hydrogen) atoms. The van der Waals surface area contributed by atoms with Crippen molar-refractivity contribution in [2.45, 2.75) is 12.6 Å². The topological polar surface area (TPSA) is 0 Å². The van der Waals surface area contributed by atoms with E-state index in [-0.39, 0.29) is 8.80 Å². The Balaban J connectivity index is 2.61. The molecule has 0 unspecified atom stereocenters. The molecule has 0 spiro atoms. The van der Waals surface area contributed by atoms with Crippen LogP contribution in [0.3, 0.4) is 0 Å². The largest absolute Gasteiger partial charge is 0.127 e. The van der Waals surface area contributed by atoms with Gasteiger partial charge in [0, 0.05) is 5.88 Å². The molecule has 2 heteroatoms. The van der Waals surface area contributed by atoms with Gasteiger partial charge in [-0.05, 0) is 6.04 Å². The van der Waals surface area contributed by atoms with E-state index < -0.39 is 0 Å². The number of alkyl halides is 1. The third-order valence-corrected chi connectivity index (χ3v) is 4.56. The first kappa shape index (κ1) is 8.82. The summed E-state index contributed by atoms with van der Waals surface area (Å²) < 4.78 is 0. The third-order valence-electron chi connectivity index (χ3n) is 1.74. The van der Waals surface area contributed by atoms with Crippen LogP contribution in [0.4, 0.5) is 0 Å². The van der Waals surface area contributed by atoms with Crippen LogP contribution in [0.2, 0.25) is 12.6 Å². The Bertz CT molecular complexity index is 198. The first-order chi connectivity index (χ1) is 5.34. The molecular formula is C9H12ClSi. The van der Waals surface area contributed by atoms with Gasteiger partial charge in [0.1, 0.15) is 0 Å². The van der Waals surface area contributed by atoms with Gasteiger partial charge in [0.25, 0.3) is 0 Å². The number of hydrogen-bond acceptors (Lipinski definition) is 0. The lowest BCUT2D eigenvalue weighted by molar-refractivity contribution is 1.43. The Morgan fingerprint density at radius 2 is 1.91 bits per heavy atom. The highest BCUT2D eigenvalue weighted by Gasteiger charge is 2.04. The van der Waals surface area contributed by atoms with E-state index >= 15 is 0 Å². The van der Waals surface area contributed by atoms with Gasteiger partial charge < -0.3 is 0 Å². The summed E-state index contributed by atoms with van der Waals surface area (Å²) in [5.74, 6) is 0.791. The van der Waals surface area contributed by atoms with Crippen molar-refractivity contribution < 1.29 is 0 Å². The standard InChI is InChI=1S/C9H12ClSi/c1-11(8-7-10)9-5-3-2-4-6-9/h2-6H,7-8H2,1H3. The molecule has 1 aromatic rings. The van der Waals surface area contributed by atoms with Gasteiger partial charge in [-0.1, -0.05) is 42.1 Å². The highest BCUT2D eigenvalue weighted by atomic mass is 35.5. The second-order valence-electron chi connectivity index (χ2n) is 2.59. The molecule has 0 nitrogen and oxygen atoms in total. The molecule has 0 aromatic heterocycles. The highest BCUT2D eigenvalue weighted by Crippen LogP contribution is 1.96. The normalized spacial score (nSPS) is 10.5. The predicted molar refractivity (Wildman–Crippen MR) is 53.2 cm³/mol. The summed E-state index contributed by atoms with van der Waals surface area (Å²) in [6, 6.07) is 11.8. The predicted octanol–water partition coefficient (Wildman–Crippen LogP) is 2.26. The van der Waals surface area contributed by atoms with Gasteiger partial charge in [-0.15, -0.1) is 11.6 Å². The quantitative estimate of drug-likeness (QED) is 0.498. The molecular weight excluding hydrogens is 172 g/mol. The van der Waals surface area contributed by atoms with Crippen molar-refractivity contribution in [1.29, 1.82) is 0 Å². The molecule has 0 fully saturated rings. The molecule has 1 aromatic carbocycles. The second kappa shape index (κ2) is 4.57. The van der Waals surface area contributed by atoms with Gasteiger partial charge >= 0.3 is 0 Å². The molecule has 1 radical (unpaired) electrons. The zero-order valence-corrected chi connectivity index (χ0v) is 8.43. The maximum atomic E-state index is 5.67. The molecule has 0 saturated carbocycles. The lowest BCUT2D eigenvalue weighted by Crippen LogP contribution is -2.25. The molecule has 0 bridgehead atoms. The van der Waals surface area contributed by atoms with E-state index in [4.69, 9.17) is 11.6 Å². The van der Waals surface area contributed by atoms with Gasteiger partial charge in [-0.25, -0.2) is 0 Å². The summed E-state index contributed by atoms with van der Waals surface area (Å²) in [5, 5.41) is 1.48. The van der Waals surface area contributed by atoms with E-state index in [1.165, 1.54) is 5.19 Å². The Morgan fingerprint density at radius 3 is 2.45 bits per heavy atom. The molecule has 1 rings (SSSR count). The van der Waals surface area contributed by atoms with Gasteiger partial charge in [0.2, 0.25) is 0 Å². The van der Waals surface area contributed by atoms with Crippen molar-refractivity contribution in [3.8, 4) is 0 Å². The molecule has 0 aliphatic heterocycles. The van der Waals surface area contributed by atoms with Crippen LogP contribution in [0.15, 0.2) is 30.3 Å². The zero-order valence-electron chi connectivity index (χ0n) is 6.68. The van der Waals surface area contributed by atoms with Crippen LogP contribution in [0.1, 0.15) is 0 Å². The first-order valence-electron chi connectivity index (χ1n) is 3.78. The summed E-state index contributed by atoms with van der Waals surface area (Å²) in [6.45, 7) is 2.31. The lowest BCUT2D eigenvalue weighted by atomic mass is 10.4. The zero-order chi connectivity index (χ0) is 8.10. The fourth-order valence-corrected chi connectivity index (χ4v) is 3.19. The van der Waals surface area contributed by atoms with E-state index in [1.807, 2.05) is 0 Å². The SMILES string of the molecule is C[Si](CCCl)c1ccccc1. The molecule has 0 aliphatic rings. The van der Waals surface area contributed by atoms with E-state index in [1.54, 1.807) is 0 Å². The lowest BCUT2D eigenvalue weighted by Gasteiger charge is -2.06. The smallest absolute Gasteiger partial charge is 0.0835 e. The average molecular weight is 184 g/mol. The van der Waals surface area contributed by atoms with E-state index in [9.17, 15) is 0 Å². The first-order valence-corrected chi connectivity index (χ1v) is 6.52. The summed E-state index contributed by atoms with van der Waals surface area (Å²) in [5.41, 5.74) is 0. The Hall–Kier alpha value is -0.273. The fraction of sp³-hybridized carbons (Fsp3) is 0.333. The highest BCUT2D eigenvalue weighted by molar-refractivity contribution is 6.72. The maximum absolute atomic E-state index is 5.67. The number of halogens is 1. The van der Waals surface area contributed by atoms with Crippen molar-refractivity contribution in [3.05, 3.63) is 30.3 Å². The molecule has 0 saturated heterocycles.